The standard InChI is InChI=1S/C10H10FN5O/c1-16-5-7(4-14-16)15-10(17)8-2-6(11)3-13-9(8)12/h2-5H,1H3,(H2,12,13)(H,15,17). The quantitative estimate of drug-likeness (QED) is 0.805. The Morgan fingerprint density at radius 1 is 1.53 bits per heavy atom. The minimum atomic E-state index is -0.615. The number of aryl methyl sites for hydroxylation is 1. The third-order valence-corrected chi connectivity index (χ3v) is 2.09. The molecule has 0 aliphatic carbocycles. The molecular formula is C10H10FN5O. The second kappa shape index (κ2) is 4.20. The van der Waals surface area contributed by atoms with Crippen molar-refractivity contribution in [1.82, 2.24) is 14.8 Å². The molecule has 0 bridgehead atoms. The molecule has 0 aliphatic heterocycles. The van der Waals surface area contributed by atoms with Crippen LogP contribution in [-0.2, 0) is 7.05 Å². The zero-order valence-corrected chi connectivity index (χ0v) is 9.01. The van der Waals surface area contributed by atoms with Crippen molar-refractivity contribution in [3.05, 3.63) is 36.0 Å². The van der Waals surface area contributed by atoms with Crippen molar-refractivity contribution < 1.29 is 9.18 Å². The molecule has 0 saturated carbocycles. The number of hydrogen-bond donors (Lipinski definition) is 2. The Balaban J connectivity index is 2.22. The third kappa shape index (κ3) is 2.39. The zero-order chi connectivity index (χ0) is 12.4. The maximum Gasteiger partial charge on any atom is 0.259 e. The van der Waals surface area contributed by atoms with E-state index in [1.54, 1.807) is 13.2 Å². The van der Waals surface area contributed by atoms with Crippen LogP contribution < -0.4 is 11.1 Å². The van der Waals surface area contributed by atoms with Gasteiger partial charge in [0.15, 0.2) is 0 Å². The Bertz CT molecular complexity index is 566. The molecule has 0 atom stereocenters. The van der Waals surface area contributed by atoms with E-state index >= 15 is 0 Å². The normalized spacial score (nSPS) is 10.2. The van der Waals surface area contributed by atoms with Gasteiger partial charge in [0.05, 0.1) is 23.6 Å². The summed E-state index contributed by atoms with van der Waals surface area (Å²) < 4.78 is 14.5. The summed E-state index contributed by atoms with van der Waals surface area (Å²) in [6, 6.07) is 1.04. The predicted octanol–water partition coefficient (Wildman–Crippen LogP) is 0.789. The Labute approximate surface area is 96.3 Å². The van der Waals surface area contributed by atoms with Crippen LogP contribution in [0.1, 0.15) is 10.4 Å². The van der Waals surface area contributed by atoms with Gasteiger partial charge in [0, 0.05) is 13.2 Å². The van der Waals surface area contributed by atoms with Gasteiger partial charge in [-0.25, -0.2) is 9.37 Å². The number of nitrogens with one attached hydrogen (secondary N) is 1. The zero-order valence-electron chi connectivity index (χ0n) is 9.01. The van der Waals surface area contributed by atoms with Gasteiger partial charge in [-0.15, -0.1) is 0 Å². The molecule has 17 heavy (non-hydrogen) atoms. The number of anilines is 2. The van der Waals surface area contributed by atoms with Gasteiger partial charge in [0.2, 0.25) is 0 Å². The summed E-state index contributed by atoms with van der Waals surface area (Å²) in [4.78, 5) is 15.3. The molecule has 2 aromatic rings. The Morgan fingerprint density at radius 3 is 2.94 bits per heavy atom. The molecule has 0 spiro atoms. The summed E-state index contributed by atoms with van der Waals surface area (Å²) in [5, 5.41) is 6.42. The molecule has 7 heteroatoms. The first-order valence-electron chi connectivity index (χ1n) is 4.77. The lowest BCUT2D eigenvalue weighted by atomic mass is 10.2. The van der Waals surface area contributed by atoms with Gasteiger partial charge in [0.1, 0.15) is 11.6 Å². The number of amides is 1. The van der Waals surface area contributed by atoms with E-state index in [1.165, 1.54) is 10.9 Å². The van der Waals surface area contributed by atoms with Crippen LogP contribution >= 0.6 is 0 Å². The first-order valence-corrected chi connectivity index (χ1v) is 4.77. The van der Waals surface area contributed by atoms with E-state index in [1.807, 2.05) is 0 Å². The smallest absolute Gasteiger partial charge is 0.259 e. The molecular weight excluding hydrogens is 225 g/mol. The number of nitrogens with two attached hydrogens (primary N) is 1. The van der Waals surface area contributed by atoms with E-state index in [0.29, 0.717) is 5.69 Å². The van der Waals surface area contributed by atoms with Crippen molar-refractivity contribution in [2.75, 3.05) is 11.1 Å². The lowest BCUT2D eigenvalue weighted by Gasteiger charge is -2.04. The highest BCUT2D eigenvalue weighted by molar-refractivity contribution is 6.07. The number of pyridine rings is 1. The predicted molar refractivity (Wildman–Crippen MR) is 59.8 cm³/mol. The van der Waals surface area contributed by atoms with E-state index < -0.39 is 11.7 Å². The number of halogens is 1. The van der Waals surface area contributed by atoms with Crippen molar-refractivity contribution >= 4 is 17.4 Å². The largest absolute Gasteiger partial charge is 0.383 e. The van der Waals surface area contributed by atoms with Gasteiger partial charge in [0.25, 0.3) is 5.91 Å². The first-order chi connectivity index (χ1) is 8.06. The summed E-state index contributed by atoms with van der Waals surface area (Å²) in [6.07, 6.45) is 4.04. The number of rotatable bonds is 2. The fraction of sp³-hybridized carbons (Fsp3) is 0.100. The topological polar surface area (TPSA) is 85.8 Å². The number of carbonyl (C=O) groups excluding carboxylic acids is 1. The van der Waals surface area contributed by atoms with Crippen molar-refractivity contribution in [2.24, 2.45) is 7.05 Å². The van der Waals surface area contributed by atoms with Crippen molar-refractivity contribution in [1.29, 1.82) is 0 Å². The summed E-state index contributed by atoms with van der Waals surface area (Å²) in [6.45, 7) is 0. The van der Waals surface area contributed by atoms with Crippen molar-refractivity contribution in [3.8, 4) is 0 Å². The Kier molecular flexibility index (Phi) is 2.73. The van der Waals surface area contributed by atoms with Gasteiger partial charge in [-0.2, -0.15) is 5.10 Å². The third-order valence-electron chi connectivity index (χ3n) is 2.09. The summed E-state index contributed by atoms with van der Waals surface area (Å²) in [7, 11) is 1.72. The summed E-state index contributed by atoms with van der Waals surface area (Å²) in [5.41, 5.74) is 5.99. The molecule has 6 nitrogen and oxygen atoms in total. The number of hydrogen-bond acceptors (Lipinski definition) is 4. The molecule has 0 radical (unpaired) electrons. The minimum Gasteiger partial charge on any atom is -0.383 e. The van der Waals surface area contributed by atoms with Gasteiger partial charge in [-0.3, -0.25) is 9.48 Å². The van der Waals surface area contributed by atoms with Gasteiger partial charge < -0.3 is 11.1 Å². The highest BCUT2D eigenvalue weighted by Crippen LogP contribution is 2.13. The monoisotopic (exact) mass is 235 g/mol. The Hall–Kier alpha value is -2.44. The van der Waals surface area contributed by atoms with Crippen LogP contribution in [0, 0.1) is 5.82 Å². The minimum absolute atomic E-state index is 0.00569. The van der Waals surface area contributed by atoms with E-state index in [9.17, 15) is 9.18 Å². The van der Waals surface area contributed by atoms with Crippen LogP contribution in [0.25, 0.3) is 0 Å². The molecule has 88 valence electrons. The Morgan fingerprint density at radius 2 is 2.29 bits per heavy atom. The molecule has 1 amide bonds. The molecule has 2 aromatic heterocycles. The number of carbonyl (C=O) groups is 1. The average molecular weight is 235 g/mol. The summed E-state index contributed by atoms with van der Waals surface area (Å²) >= 11 is 0. The summed E-state index contributed by atoms with van der Waals surface area (Å²) in [5.74, 6) is -1.16. The molecule has 0 aliphatic rings. The number of nitrogens with zero attached hydrogens (tertiary/aromatic N) is 3. The van der Waals surface area contributed by atoms with Gasteiger partial charge >= 0.3 is 0 Å². The lowest BCUT2D eigenvalue weighted by Crippen LogP contribution is -2.15. The lowest BCUT2D eigenvalue weighted by molar-refractivity contribution is 0.102. The van der Waals surface area contributed by atoms with Crippen LogP contribution in [0.2, 0.25) is 0 Å². The highest BCUT2D eigenvalue weighted by atomic mass is 19.1. The molecule has 0 fully saturated rings. The van der Waals surface area contributed by atoms with Crippen LogP contribution in [0.3, 0.4) is 0 Å². The van der Waals surface area contributed by atoms with Crippen molar-refractivity contribution in [3.63, 3.8) is 0 Å². The average Bonchev–Trinajstić information content (AvgIpc) is 2.67. The van der Waals surface area contributed by atoms with E-state index in [0.717, 1.165) is 12.3 Å². The van der Waals surface area contributed by atoms with E-state index in [4.69, 9.17) is 5.73 Å². The van der Waals surface area contributed by atoms with Crippen LogP contribution in [-0.4, -0.2) is 20.7 Å². The molecule has 2 heterocycles. The van der Waals surface area contributed by atoms with E-state index in [2.05, 4.69) is 15.4 Å². The fourth-order valence-corrected chi connectivity index (χ4v) is 1.32. The highest BCUT2D eigenvalue weighted by Gasteiger charge is 2.12. The molecule has 0 saturated heterocycles. The molecule has 0 unspecified atom stereocenters. The van der Waals surface area contributed by atoms with E-state index in [-0.39, 0.29) is 11.4 Å². The first kappa shape index (κ1) is 11.1. The van der Waals surface area contributed by atoms with Gasteiger partial charge in [-0.05, 0) is 6.07 Å². The van der Waals surface area contributed by atoms with Crippen LogP contribution in [0.4, 0.5) is 15.9 Å². The number of nitrogen functional groups attached to an aromatic ring is 1. The molecule has 0 aromatic carbocycles. The molecule has 3 N–H and O–H groups in total. The maximum atomic E-state index is 12.9. The van der Waals surface area contributed by atoms with Crippen LogP contribution in [0.5, 0.6) is 0 Å². The van der Waals surface area contributed by atoms with Crippen molar-refractivity contribution in [2.45, 2.75) is 0 Å². The maximum absolute atomic E-state index is 12.9. The van der Waals surface area contributed by atoms with Gasteiger partial charge in [-0.1, -0.05) is 0 Å². The van der Waals surface area contributed by atoms with Crippen LogP contribution in [0.15, 0.2) is 24.7 Å². The fourth-order valence-electron chi connectivity index (χ4n) is 1.32. The SMILES string of the molecule is Cn1cc(NC(=O)c2cc(F)cnc2N)cn1. The molecule has 2 rings (SSSR count). The number of aromatic nitrogens is 3. The second-order valence-electron chi connectivity index (χ2n) is 3.44. The second-order valence-corrected chi connectivity index (χ2v) is 3.44.